The van der Waals surface area contributed by atoms with Crippen molar-refractivity contribution in [2.24, 2.45) is 10.2 Å². The molecule has 7 rings (SSSR count). The summed E-state index contributed by atoms with van der Waals surface area (Å²) in [6.07, 6.45) is 1.97. The quantitative estimate of drug-likeness (QED) is 0.0121. The Bertz CT molecular complexity index is 3330. The lowest BCUT2D eigenvalue weighted by Gasteiger charge is -2.25. The summed E-state index contributed by atoms with van der Waals surface area (Å²) in [5.74, 6) is 2.45. The van der Waals surface area contributed by atoms with Crippen LogP contribution in [0, 0.1) is 0 Å². The van der Waals surface area contributed by atoms with E-state index in [4.69, 9.17) is 49.9 Å². The number of thioether (sulfide) groups is 1. The van der Waals surface area contributed by atoms with Gasteiger partial charge in [-0.3, -0.25) is 9.11 Å². The van der Waals surface area contributed by atoms with E-state index >= 15 is 0 Å². The van der Waals surface area contributed by atoms with Gasteiger partial charge in [-0.2, -0.15) is 40.5 Å². The summed E-state index contributed by atoms with van der Waals surface area (Å²) >= 11 is 3.39. The van der Waals surface area contributed by atoms with Crippen LogP contribution in [-0.2, 0) is 20.2 Å². The topological polar surface area (TPSA) is 317 Å². The zero-order valence-electron chi connectivity index (χ0n) is 41.4. The number of unbranched alkanes of at least 4 members (excludes halogenated alkanes) is 1. The van der Waals surface area contributed by atoms with E-state index in [0.29, 0.717) is 63.5 Å². The molecule has 0 aliphatic carbocycles. The lowest BCUT2D eigenvalue weighted by molar-refractivity contribution is 0.398. The van der Waals surface area contributed by atoms with Gasteiger partial charge in [0.15, 0.2) is 10.2 Å². The number of anilines is 8. The third-order valence-electron chi connectivity index (χ3n) is 11.0. The molecule has 0 unspecified atom stereocenters. The molecule has 0 bridgehead atoms. The van der Waals surface area contributed by atoms with Gasteiger partial charge in [0.05, 0.1) is 78.7 Å². The van der Waals surface area contributed by atoms with Gasteiger partial charge < -0.3 is 50.8 Å². The number of ether oxygens (including phenoxy) is 4. The number of methoxy groups -OCH3 is 4. The summed E-state index contributed by atoms with van der Waals surface area (Å²) in [6.45, 7) is 13.3. The van der Waals surface area contributed by atoms with E-state index in [9.17, 15) is 21.4 Å². The van der Waals surface area contributed by atoms with Crippen molar-refractivity contribution in [3.63, 3.8) is 0 Å². The lowest BCUT2D eigenvalue weighted by atomic mass is 10.2. The van der Waals surface area contributed by atoms with Gasteiger partial charge in [0.1, 0.15) is 43.5 Å². The van der Waals surface area contributed by atoms with Crippen molar-refractivity contribution in [2.45, 2.75) is 62.4 Å². The predicted octanol–water partition coefficient (Wildman–Crippen LogP) is 9.96. The molecular weight excluding hydrogens is 1040 g/mol. The number of rotatable bonds is 22. The number of hydrogen-bond donors (Lipinski definition) is 6. The van der Waals surface area contributed by atoms with E-state index in [-0.39, 0.29) is 49.1 Å². The number of aromatic nitrogens is 5. The number of nitrogens with two attached hydrogens (primary N) is 2. The molecule has 0 amide bonds. The number of benzene rings is 4. The molecule has 0 saturated carbocycles. The minimum Gasteiger partial charge on any atom is -0.495 e. The molecule has 0 saturated heterocycles. The minimum absolute atomic E-state index is 0.0434. The van der Waals surface area contributed by atoms with Gasteiger partial charge in [0, 0.05) is 44.1 Å². The molecule has 3 heterocycles. The van der Waals surface area contributed by atoms with E-state index in [1.54, 1.807) is 38.5 Å². The lowest BCUT2D eigenvalue weighted by Crippen LogP contribution is -2.22. The average molecular weight is 1100 g/mol. The van der Waals surface area contributed by atoms with Gasteiger partial charge in [-0.15, -0.1) is 10.2 Å². The zero-order valence-corrected chi connectivity index (χ0v) is 45.5. The summed E-state index contributed by atoms with van der Waals surface area (Å²) in [4.78, 5) is 17.8. The Labute approximate surface area is 435 Å². The van der Waals surface area contributed by atoms with Crippen LogP contribution >= 0.6 is 34.8 Å². The average Bonchev–Trinajstić information content (AvgIpc) is 3.96. The first kappa shape index (κ1) is 55.7. The Morgan fingerprint density at radius 1 is 0.644 bits per heavy atom. The predicted molar refractivity (Wildman–Crippen MR) is 290 cm³/mol. The minimum atomic E-state index is -4.73. The Balaban J connectivity index is 0.000000458. The molecule has 0 radical (unpaired) electrons. The molecule has 23 nitrogen and oxygen atoms in total. The molecular formula is C45H57N13O10S5. The van der Waals surface area contributed by atoms with Gasteiger partial charge >= 0.3 is 0 Å². The monoisotopic (exact) mass is 1100 g/mol. The molecule has 0 spiro atoms. The number of azo groups is 1. The highest BCUT2D eigenvalue weighted by Crippen LogP contribution is 2.45. The van der Waals surface area contributed by atoms with Crippen molar-refractivity contribution >= 4 is 133 Å². The fourth-order valence-corrected chi connectivity index (χ4v) is 11.6. The first-order valence-corrected chi connectivity index (χ1v) is 28.0. The molecule has 0 aliphatic rings. The third kappa shape index (κ3) is 12.8. The van der Waals surface area contributed by atoms with Gasteiger partial charge in [-0.25, -0.2) is 0 Å². The molecule has 0 atom stereocenters. The number of hydrogen-bond acceptors (Lipinski definition) is 24. The Hall–Kier alpha value is -6.56. The van der Waals surface area contributed by atoms with Crippen LogP contribution in [-0.4, -0.2) is 110 Å². The van der Waals surface area contributed by atoms with Crippen molar-refractivity contribution in [3.05, 3.63) is 48.5 Å². The molecule has 4 aromatic carbocycles. The van der Waals surface area contributed by atoms with Crippen molar-refractivity contribution in [2.75, 3.05) is 92.3 Å². The summed E-state index contributed by atoms with van der Waals surface area (Å²) < 4.78 is 96.9. The maximum atomic E-state index is 12.5. The SMILES string of the molecule is CCCCSc1nc(Nc2cc(N(CC)CC)c(OC)cc2N)nc(Nc2cc(N(CC)CC)c(OC)cc2N=Nc2snc3ccc(OC)c(S(=O)(=O)O)c23)n1.COc1ccc2nsc(N)c2c1S(=O)(=O)O. The van der Waals surface area contributed by atoms with E-state index in [1.165, 1.54) is 38.1 Å². The van der Waals surface area contributed by atoms with Crippen molar-refractivity contribution in [1.82, 2.24) is 23.7 Å². The molecule has 0 fully saturated rings. The van der Waals surface area contributed by atoms with Crippen LogP contribution in [0.2, 0.25) is 0 Å². The molecule has 7 aromatic rings. The highest BCUT2D eigenvalue weighted by molar-refractivity contribution is 7.99. The number of nitrogens with zero attached hydrogens (tertiary/aromatic N) is 9. The second kappa shape index (κ2) is 24.4. The van der Waals surface area contributed by atoms with E-state index in [2.05, 4.69) is 60.2 Å². The van der Waals surface area contributed by atoms with Crippen LogP contribution in [0.15, 0.2) is 73.7 Å². The van der Waals surface area contributed by atoms with Gasteiger partial charge in [-0.1, -0.05) is 25.1 Å². The summed E-state index contributed by atoms with van der Waals surface area (Å²) in [7, 11) is -3.33. The summed E-state index contributed by atoms with van der Waals surface area (Å²) in [6, 6.07) is 13.3. The van der Waals surface area contributed by atoms with E-state index in [1.807, 2.05) is 26.0 Å². The van der Waals surface area contributed by atoms with Crippen molar-refractivity contribution in [3.8, 4) is 23.0 Å². The third-order valence-corrected chi connectivity index (χ3v) is 15.2. The van der Waals surface area contributed by atoms with Gasteiger partial charge in [0.2, 0.25) is 11.9 Å². The smallest absolute Gasteiger partial charge is 0.299 e. The van der Waals surface area contributed by atoms with Crippen molar-refractivity contribution < 1.29 is 44.9 Å². The van der Waals surface area contributed by atoms with Crippen LogP contribution in [0.4, 0.5) is 56.0 Å². The van der Waals surface area contributed by atoms with Crippen LogP contribution in [0.1, 0.15) is 47.5 Å². The van der Waals surface area contributed by atoms with Gasteiger partial charge in [0.25, 0.3) is 20.2 Å². The van der Waals surface area contributed by atoms with E-state index < -0.39 is 25.1 Å². The highest BCUT2D eigenvalue weighted by Gasteiger charge is 2.27. The van der Waals surface area contributed by atoms with Crippen LogP contribution in [0.5, 0.6) is 23.0 Å². The normalized spacial score (nSPS) is 11.7. The zero-order chi connectivity index (χ0) is 53.2. The number of nitrogen functional groups attached to an aromatic ring is 2. The summed E-state index contributed by atoms with van der Waals surface area (Å²) in [5, 5.41) is 16.8. The van der Waals surface area contributed by atoms with Crippen LogP contribution in [0.25, 0.3) is 21.8 Å². The molecule has 392 valence electrons. The summed E-state index contributed by atoms with van der Waals surface area (Å²) in [5.41, 5.74) is 16.3. The Morgan fingerprint density at radius 3 is 1.66 bits per heavy atom. The highest BCUT2D eigenvalue weighted by atomic mass is 32.2. The number of nitrogens with one attached hydrogen (secondary N) is 2. The molecule has 3 aromatic heterocycles. The van der Waals surface area contributed by atoms with Crippen molar-refractivity contribution in [1.29, 1.82) is 0 Å². The van der Waals surface area contributed by atoms with Gasteiger partial charge in [-0.05, 0) is 93.6 Å². The second-order valence-electron chi connectivity index (χ2n) is 15.4. The molecule has 28 heteroatoms. The second-order valence-corrected chi connectivity index (χ2v) is 20.7. The molecule has 73 heavy (non-hydrogen) atoms. The van der Waals surface area contributed by atoms with Crippen LogP contribution in [0.3, 0.4) is 0 Å². The molecule has 0 aliphatic heterocycles. The first-order chi connectivity index (χ1) is 34.9. The molecule has 8 N–H and O–H groups in total. The fourth-order valence-electron chi connectivity index (χ4n) is 7.45. The largest absolute Gasteiger partial charge is 0.495 e. The fraction of sp³-hybridized carbons (Fsp3) is 0.356. The standard InChI is InChI=1S/C37H49N11O6S3.C8H8N2O4S2/c1-9-14-17-55-37-42-35(39-24-19-27(47(10-2)11-3)30(53-7)18-22(24)38)41-36(43-37)40-25-20-28(48(12-4)13-5)31(54-8)21-26(25)44-45-34-32-23(46-56-34)15-16-29(52-6)33(32)57(49,50)51;1-14-5-3-2-4-6(8(9)15-10-4)7(5)16(11,12)13/h15-16,18-21H,9-14,17,38H2,1-8H3,(H,49,50,51)(H2,39,40,41,42,43);2-3H,9H2,1H3,(H,11,12,13). The Morgan fingerprint density at radius 2 is 1.14 bits per heavy atom. The Kier molecular flexibility index (Phi) is 18.7. The first-order valence-electron chi connectivity index (χ1n) is 22.5. The van der Waals surface area contributed by atoms with Crippen LogP contribution < -0.4 is 50.8 Å². The maximum Gasteiger partial charge on any atom is 0.299 e. The maximum absolute atomic E-state index is 12.5. The van der Waals surface area contributed by atoms with E-state index in [0.717, 1.165) is 66.1 Å². The number of fused-ring (bicyclic) bond motifs is 2.